The van der Waals surface area contributed by atoms with Gasteiger partial charge >= 0.3 is 0 Å². The minimum atomic E-state index is -1.86. The van der Waals surface area contributed by atoms with Crippen LogP contribution in [0.2, 0.25) is 10.0 Å². The SMILES string of the molecule is COc1cc(C(=O)NC[C@@](O)(c2ccccc2)c2cc(C(C)(C)O)cc(-c3ccc(F)c(Cl)c3Cl)n2)cc2sc(C)nc12. The van der Waals surface area contributed by atoms with Crippen molar-refractivity contribution in [3.8, 4) is 17.0 Å². The highest BCUT2D eigenvalue weighted by Crippen LogP contribution is 2.38. The molecule has 11 heteroatoms. The largest absolute Gasteiger partial charge is 0.494 e. The smallest absolute Gasteiger partial charge is 0.251 e. The maximum atomic E-state index is 14.1. The minimum absolute atomic E-state index is 0.0628. The van der Waals surface area contributed by atoms with Gasteiger partial charge in [-0.1, -0.05) is 53.5 Å². The van der Waals surface area contributed by atoms with Gasteiger partial charge < -0.3 is 20.3 Å². The molecule has 0 radical (unpaired) electrons. The number of ether oxygens (including phenoxy) is 1. The molecule has 5 aromatic rings. The molecule has 3 N–H and O–H groups in total. The first-order valence-electron chi connectivity index (χ1n) is 13.2. The van der Waals surface area contributed by atoms with Crippen LogP contribution in [0.15, 0.2) is 66.7 Å². The highest BCUT2D eigenvalue weighted by atomic mass is 35.5. The monoisotopic (exact) mass is 639 g/mol. The average molecular weight is 641 g/mol. The number of carbonyl (C=O) groups excluding carboxylic acids is 1. The van der Waals surface area contributed by atoms with Crippen molar-refractivity contribution in [3.05, 3.63) is 110 Å². The van der Waals surface area contributed by atoms with E-state index in [0.717, 1.165) is 9.71 Å². The number of thiazole rings is 1. The molecule has 0 bridgehead atoms. The lowest BCUT2D eigenvalue weighted by Gasteiger charge is -2.31. The van der Waals surface area contributed by atoms with Crippen LogP contribution in [0.5, 0.6) is 5.75 Å². The quantitative estimate of drug-likeness (QED) is 0.158. The van der Waals surface area contributed by atoms with E-state index in [9.17, 15) is 19.4 Å². The van der Waals surface area contributed by atoms with Crippen LogP contribution < -0.4 is 10.1 Å². The van der Waals surface area contributed by atoms with E-state index in [1.807, 2.05) is 6.92 Å². The zero-order chi connectivity index (χ0) is 31.1. The third-order valence-electron chi connectivity index (χ3n) is 7.07. The number of hydrogen-bond donors (Lipinski definition) is 3. The summed E-state index contributed by atoms with van der Waals surface area (Å²) in [5, 5.41) is 26.7. The third kappa shape index (κ3) is 6.09. The predicted molar refractivity (Wildman–Crippen MR) is 168 cm³/mol. The van der Waals surface area contributed by atoms with Gasteiger partial charge in [0.05, 0.1) is 50.4 Å². The molecular formula is C32H28Cl2FN3O4S. The lowest BCUT2D eigenvalue weighted by atomic mass is 9.86. The number of fused-ring (bicyclic) bond motifs is 1. The average Bonchev–Trinajstić information content (AvgIpc) is 3.38. The van der Waals surface area contributed by atoms with Crippen LogP contribution in [-0.2, 0) is 11.2 Å². The lowest BCUT2D eigenvalue weighted by Crippen LogP contribution is -2.42. The highest BCUT2D eigenvalue weighted by Gasteiger charge is 2.36. The van der Waals surface area contributed by atoms with E-state index in [0.29, 0.717) is 33.5 Å². The highest BCUT2D eigenvalue weighted by molar-refractivity contribution is 7.18. The number of amides is 1. The maximum Gasteiger partial charge on any atom is 0.251 e. The Bertz CT molecular complexity index is 1840. The van der Waals surface area contributed by atoms with E-state index in [-0.39, 0.29) is 28.0 Å². The number of aliphatic hydroxyl groups is 2. The number of benzene rings is 3. The molecule has 0 saturated carbocycles. The summed E-state index contributed by atoms with van der Waals surface area (Å²) in [5.74, 6) is -0.682. The Morgan fingerprint density at radius 3 is 2.40 bits per heavy atom. The van der Waals surface area contributed by atoms with Crippen molar-refractivity contribution in [3.63, 3.8) is 0 Å². The molecule has 0 spiro atoms. The van der Waals surface area contributed by atoms with E-state index < -0.39 is 22.9 Å². The third-order valence-corrected chi connectivity index (χ3v) is 8.85. The number of methoxy groups -OCH3 is 1. The number of nitrogens with zero attached hydrogens (tertiary/aromatic N) is 2. The first-order valence-corrected chi connectivity index (χ1v) is 14.8. The molecule has 0 aliphatic rings. The molecular weight excluding hydrogens is 612 g/mol. The predicted octanol–water partition coefficient (Wildman–Crippen LogP) is 7.01. The van der Waals surface area contributed by atoms with Gasteiger partial charge in [-0.15, -0.1) is 11.3 Å². The van der Waals surface area contributed by atoms with Gasteiger partial charge in [0.1, 0.15) is 22.7 Å². The van der Waals surface area contributed by atoms with Crippen molar-refractivity contribution in [2.24, 2.45) is 0 Å². The molecule has 2 aromatic heterocycles. The summed E-state index contributed by atoms with van der Waals surface area (Å²) < 4.78 is 20.4. The van der Waals surface area contributed by atoms with E-state index in [1.54, 1.807) is 68.4 Å². The molecule has 222 valence electrons. The Kier molecular flexibility index (Phi) is 8.48. The zero-order valence-corrected chi connectivity index (χ0v) is 26.0. The Labute approximate surface area is 261 Å². The number of aromatic nitrogens is 2. The fourth-order valence-electron chi connectivity index (χ4n) is 4.72. The van der Waals surface area contributed by atoms with Gasteiger partial charge in [-0.05, 0) is 68.3 Å². The Morgan fingerprint density at radius 2 is 1.72 bits per heavy atom. The Morgan fingerprint density at radius 1 is 1.00 bits per heavy atom. The molecule has 7 nitrogen and oxygen atoms in total. The van der Waals surface area contributed by atoms with Crippen LogP contribution in [0.3, 0.4) is 0 Å². The summed E-state index contributed by atoms with van der Waals surface area (Å²) in [6, 6.07) is 17.8. The fourth-order valence-corrected chi connectivity index (χ4v) is 6.02. The van der Waals surface area contributed by atoms with Crippen LogP contribution >= 0.6 is 34.5 Å². The second-order valence-corrected chi connectivity index (χ2v) is 12.6. The van der Waals surface area contributed by atoms with Crippen LogP contribution in [0.1, 0.15) is 46.0 Å². The molecule has 43 heavy (non-hydrogen) atoms. The minimum Gasteiger partial charge on any atom is -0.494 e. The van der Waals surface area contributed by atoms with Crippen molar-refractivity contribution in [1.29, 1.82) is 0 Å². The van der Waals surface area contributed by atoms with Gasteiger partial charge in [-0.25, -0.2) is 14.4 Å². The zero-order valence-electron chi connectivity index (χ0n) is 23.7. The van der Waals surface area contributed by atoms with Gasteiger partial charge in [-0.2, -0.15) is 0 Å². The van der Waals surface area contributed by atoms with Crippen molar-refractivity contribution in [2.75, 3.05) is 13.7 Å². The van der Waals surface area contributed by atoms with Gasteiger partial charge in [0, 0.05) is 11.1 Å². The molecule has 0 aliphatic heterocycles. The number of rotatable bonds is 8. The fraction of sp³-hybridized carbons (Fsp3) is 0.219. The summed E-state index contributed by atoms with van der Waals surface area (Å²) >= 11 is 13.9. The normalized spacial score (nSPS) is 13.1. The Hall–Kier alpha value is -3.60. The summed E-state index contributed by atoms with van der Waals surface area (Å²) in [4.78, 5) is 22.7. The number of nitrogens with one attached hydrogen (secondary N) is 1. The summed E-state index contributed by atoms with van der Waals surface area (Å²) in [5.41, 5.74) is -0.705. The first-order chi connectivity index (χ1) is 20.3. The number of hydrogen-bond acceptors (Lipinski definition) is 7. The number of pyridine rings is 1. The van der Waals surface area contributed by atoms with Crippen molar-refractivity contribution < 1.29 is 24.1 Å². The molecule has 1 amide bonds. The molecule has 2 heterocycles. The summed E-state index contributed by atoms with van der Waals surface area (Å²) in [7, 11) is 1.51. The standard InChI is InChI=1S/C32H28Cl2FN3O4S/c1-17-37-29-24(42-4)12-18(13-25(29)43-17)30(39)36-16-32(41,19-8-6-5-7-9-19)26-15-20(31(2,3)40)14-23(38-26)21-10-11-22(35)28(34)27(21)33/h5-15,40-41H,16H2,1-4H3,(H,36,39)/t32-/m1/s1. The van der Waals surface area contributed by atoms with E-state index in [2.05, 4.69) is 10.3 Å². The topological polar surface area (TPSA) is 105 Å². The molecule has 1 atom stereocenters. The van der Waals surface area contributed by atoms with Crippen LogP contribution in [0.25, 0.3) is 21.5 Å². The molecule has 3 aromatic carbocycles. The second kappa shape index (κ2) is 11.8. The molecule has 0 aliphatic carbocycles. The summed E-state index contributed by atoms with van der Waals surface area (Å²) in [6.45, 7) is 4.77. The van der Waals surface area contributed by atoms with Gasteiger partial charge in [0.25, 0.3) is 5.91 Å². The van der Waals surface area contributed by atoms with Crippen LogP contribution in [0, 0.1) is 12.7 Å². The second-order valence-electron chi connectivity index (χ2n) is 10.6. The lowest BCUT2D eigenvalue weighted by molar-refractivity contribution is 0.0639. The molecule has 5 rings (SSSR count). The van der Waals surface area contributed by atoms with Crippen LogP contribution in [-0.4, -0.2) is 39.7 Å². The number of halogens is 3. The first kappa shape index (κ1) is 30.8. The van der Waals surface area contributed by atoms with E-state index in [1.165, 1.54) is 30.6 Å². The Balaban J connectivity index is 1.61. The molecule has 0 saturated heterocycles. The van der Waals surface area contributed by atoms with Gasteiger partial charge in [-0.3, -0.25) is 4.79 Å². The van der Waals surface area contributed by atoms with E-state index >= 15 is 0 Å². The van der Waals surface area contributed by atoms with Crippen LogP contribution in [0.4, 0.5) is 4.39 Å². The van der Waals surface area contributed by atoms with Crippen molar-refractivity contribution >= 4 is 50.7 Å². The van der Waals surface area contributed by atoms with E-state index in [4.69, 9.17) is 32.9 Å². The van der Waals surface area contributed by atoms with Crippen molar-refractivity contribution in [2.45, 2.75) is 32.0 Å². The van der Waals surface area contributed by atoms with Gasteiger partial charge in [0.15, 0.2) is 0 Å². The maximum absolute atomic E-state index is 14.1. The number of carbonyl (C=O) groups is 1. The summed E-state index contributed by atoms with van der Waals surface area (Å²) in [6.07, 6.45) is 0. The number of aryl methyl sites for hydroxylation is 1. The van der Waals surface area contributed by atoms with Crippen molar-refractivity contribution in [1.82, 2.24) is 15.3 Å². The van der Waals surface area contributed by atoms with Gasteiger partial charge in [0.2, 0.25) is 0 Å². The molecule has 0 fully saturated rings. The molecule has 0 unspecified atom stereocenters.